The van der Waals surface area contributed by atoms with Crippen LogP contribution in [0.2, 0.25) is 5.02 Å². The lowest BCUT2D eigenvalue weighted by molar-refractivity contribution is -0.115. The summed E-state index contributed by atoms with van der Waals surface area (Å²) in [5, 5.41) is 2.60. The monoisotopic (exact) mass is 582 g/mol. The lowest BCUT2D eigenvalue weighted by Gasteiger charge is -2.18. The molecule has 2 amide bonds. The smallest absolute Gasteiger partial charge is 0.290 e. The lowest BCUT2D eigenvalue weighted by Crippen LogP contribution is -2.18. The highest BCUT2D eigenvalue weighted by atomic mass is 35.5. The van der Waals surface area contributed by atoms with Crippen LogP contribution >= 0.6 is 23.4 Å². The summed E-state index contributed by atoms with van der Waals surface area (Å²) < 4.78 is 41.1. The van der Waals surface area contributed by atoms with E-state index < -0.39 is 28.2 Å². The minimum absolute atomic E-state index is 0.0191. The summed E-state index contributed by atoms with van der Waals surface area (Å²) in [5.41, 5.74) is 2.02. The quantitative estimate of drug-likeness (QED) is 0.203. The summed E-state index contributed by atoms with van der Waals surface area (Å²) in [6.07, 6.45) is 0. The number of imide groups is 1. The Bertz CT molecular complexity index is 1770. The molecule has 0 spiro atoms. The van der Waals surface area contributed by atoms with Gasteiger partial charge >= 0.3 is 0 Å². The first-order valence-corrected chi connectivity index (χ1v) is 13.2. The molecule has 40 heavy (non-hydrogen) atoms. The van der Waals surface area contributed by atoms with Crippen molar-refractivity contribution < 1.29 is 27.8 Å². The summed E-state index contributed by atoms with van der Waals surface area (Å²) >= 11 is 7.01. The fourth-order valence-electron chi connectivity index (χ4n) is 4.38. The number of carbonyl (C=O) groups excluding carboxylic acids is 2. The van der Waals surface area contributed by atoms with Gasteiger partial charge in [-0.15, -0.1) is 0 Å². The predicted molar refractivity (Wildman–Crippen MR) is 151 cm³/mol. The topological polar surface area (TPSA) is 86.6 Å². The molecule has 0 radical (unpaired) electrons. The van der Waals surface area contributed by atoms with E-state index in [1.165, 1.54) is 6.07 Å². The van der Waals surface area contributed by atoms with Gasteiger partial charge in [0.15, 0.2) is 17.4 Å². The molecule has 1 fully saturated rings. The second-order valence-electron chi connectivity index (χ2n) is 8.88. The zero-order valence-corrected chi connectivity index (χ0v) is 22.8. The Labute approximate surface area is 236 Å². The lowest BCUT2D eigenvalue weighted by atomic mass is 10.1. The Morgan fingerprint density at radius 2 is 1.68 bits per heavy atom. The number of thioether (sulfide) groups is 1. The molecule has 3 aromatic carbocycles. The number of hydrogen-bond acceptors (Lipinski definition) is 6. The molecule has 1 aliphatic heterocycles. The van der Waals surface area contributed by atoms with Crippen LogP contribution in [0.3, 0.4) is 0 Å². The van der Waals surface area contributed by atoms with Crippen molar-refractivity contribution in [2.75, 3.05) is 13.2 Å². The second-order valence-corrected chi connectivity index (χ2v) is 10.3. The molecule has 1 saturated heterocycles. The van der Waals surface area contributed by atoms with Gasteiger partial charge in [-0.25, -0.2) is 8.78 Å². The van der Waals surface area contributed by atoms with E-state index in [-0.39, 0.29) is 30.2 Å². The average Bonchev–Trinajstić information content (AvgIpc) is 3.28. The van der Waals surface area contributed by atoms with Gasteiger partial charge in [0, 0.05) is 23.0 Å². The molecule has 0 aliphatic carbocycles. The van der Waals surface area contributed by atoms with Crippen LogP contribution in [0.4, 0.5) is 13.6 Å². The summed E-state index contributed by atoms with van der Waals surface area (Å²) in [7, 11) is 1.68. The first kappa shape index (κ1) is 27.4. The number of aromatic nitrogens is 1. The van der Waals surface area contributed by atoms with Crippen molar-refractivity contribution in [2.45, 2.75) is 6.92 Å². The van der Waals surface area contributed by atoms with Gasteiger partial charge < -0.3 is 14.0 Å². The van der Waals surface area contributed by atoms with E-state index in [0.717, 1.165) is 29.5 Å². The van der Waals surface area contributed by atoms with Crippen LogP contribution in [-0.4, -0.2) is 28.9 Å². The number of ether oxygens (including phenoxy) is 2. The third-order valence-corrected chi connectivity index (χ3v) is 7.58. The summed E-state index contributed by atoms with van der Waals surface area (Å²) in [5.74, 6) is -2.00. The van der Waals surface area contributed by atoms with Gasteiger partial charge in [0.25, 0.3) is 11.1 Å². The Balaban J connectivity index is 1.37. The number of hydrogen-bond donors (Lipinski definition) is 1. The number of benzene rings is 3. The maximum Gasteiger partial charge on any atom is 0.290 e. The van der Waals surface area contributed by atoms with Crippen LogP contribution in [0.25, 0.3) is 27.7 Å². The van der Waals surface area contributed by atoms with E-state index in [9.17, 15) is 23.2 Å². The van der Waals surface area contributed by atoms with Crippen molar-refractivity contribution >= 4 is 51.0 Å². The third kappa shape index (κ3) is 5.32. The Kier molecular flexibility index (Phi) is 7.64. The molecule has 204 valence electrons. The number of fused-ring (bicyclic) bond motifs is 1. The van der Waals surface area contributed by atoms with Gasteiger partial charge in [-0.2, -0.15) is 0 Å². The van der Waals surface area contributed by atoms with Crippen molar-refractivity contribution in [1.29, 1.82) is 0 Å². The first-order valence-electron chi connectivity index (χ1n) is 12.0. The number of pyridine rings is 1. The van der Waals surface area contributed by atoms with Gasteiger partial charge in [0.2, 0.25) is 5.43 Å². The van der Waals surface area contributed by atoms with E-state index in [0.29, 0.717) is 32.2 Å². The molecule has 1 N–H and O–H groups in total. The van der Waals surface area contributed by atoms with E-state index in [1.54, 1.807) is 61.0 Å². The number of carbonyl (C=O) groups is 2. The molecule has 4 aromatic rings. The van der Waals surface area contributed by atoms with Gasteiger partial charge in [0.05, 0.1) is 16.1 Å². The largest absolute Gasteiger partial charge is 0.490 e. The van der Waals surface area contributed by atoms with Crippen molar-refractivity contribution in [1.82, 2.24) is 9.88 Å². The van der Waals surface area contributed by atoms with E-state index in [2.05, 4.69) is 5.32 Å². The molecule has 1 aliphatic rings. The van der Waals surface area contributed by atoms with Crippen LogP contribution in [0.1, 0.15) is 12.5 Å². The van der Waals surface area contributed by atoms with Crippen molar-refractivity contribution in [3.05, 3.63) is 98.0 Å². The minimum Gasteiger partial charge on any atom is -0.490 e. The number of nitrogens with one attached hydrogen (secondary N) is 1. The van der Waals surface area contributed by atoms with Crippen LogP contribution in [0.15, 0.2) is 70.4 Å². The molecule has 0 bridgehead atoms. The zero-order valence-electron chi connectivity index (χ0n) is 21.2. The van der Waals surface area contributed by atoms with Crippen molar-refractivity contribution in [3.8, 4) is 22.8 Å². The summed E-state index contributed by atoms with van der Waals surface area (Å²) in [6.45, 7) is 1.81. The predicted octanol–water partition coefficient (Wildman–Crippen LogP) is 6.31. The number of nitrogens with zero attached hydrogens (tertiary/aromatic N) is 1. The highest BCUT2D eigenvalue weighted by Gasteiger charge is 2.27. The molecule has 0 saturated carbocycles. The Morgan fingerprint density at radius 3 is 2.35 bits per heavy atom. The molecule has 0 atom stereocenters. The average molecular weight is 583 g/mol. The maximum absolute atomic E-state index is 14.1. The van der Waals surface area contributed by atoms with Gasteiger partial charge in [-0.3, -0.25) is 19.7 Å². The van der Waals surface area contributed by atoms with E-state index in [1.807, 2.05) is 0 Å². The van der Waals surface area contributed by atoms with Crippen LogP contribution < -0.4 is 20.2 Å². The van der Waals surface area contributed by atoms with Gasteiger partial charge in [-0.1, -0.05) is 23.7 Å². The van der Waals surface area contributed by atoms with Crippen molar-refractivity contribution in [2.24, 2.45) is 7.05 Å². The van der Waals surface area contributed by atoms with Gasteiger partial charge in [-0.05, 0) is 78.4 Å². The molecular formula is C29H21ClF2N2O5S. The van der Waals surface area contributed by atoms with E-state index in [4.69, 9.17) is 21.1 Å². The highest BCUT2D eigenvalue weighted by molar-refractivity contribution is 8.18. The number of halogens is 3. The van der Waals surface area contributed by atoms with Crippen LogP contribution in [0.5, 0.6) is 11.5 Å². The van der Waals surface area contributed by atoms with E-state index >= 15 is 0 Å². The standard InChI is InChI=1S/C29H21ClF2N2O5S/c1-15(27-28(36)33-29(37)40-27)16-3-7-19(8-4-16)38-11-12-39-26-24(17-5-10-21(31)22(32)13-17)34(2)23-14-18(30)6-9-20(23)25(26)35/h3-10,13-14H,11-12H2,1-2H3,(H,33,36,37)/b27-15+. The maximum atomic E-state index is 14.1. The summed E-state index contributed by atoms with van der Waals surface area (Å²) in [6, 6.07) is 15.1. The second kappa shape index (κ2) is 11.1. The highest BCUT2D eigenvalue weighted by Crippen LogP contribution is 2.33. The zero-order chi connectivity index (χ0) is 28.6. The molecule has 7 nitrogen and oxygen atoms in total. The molecule has 0 unspecified atom stereocenters. The molecule has 11 heteroatoms. The molecule has 1 aromatic heterocycles. The number of rotatable bonds is 7. The fraction of sp³-hybridized carbons (Fsp3) is 0.138. The molecular weight excluding hydrogens is 562 g/mol. The number of allylic oxidation sites excluding steroid dienone is 1. The third-order valence-electron chi connectivity index (χ3n) is 6.36. The SMILES string of the molecule is C/C(=C1\SC(=O)NC1=O)c1ccc(OCCOc2c(-c3ccc(F)c(F)c3)n(C)c3cc(Cl)ccc3c2=O)cc1. The minimum atomic E-state index is -1.06. The first-order chi connectivity index (χ1) is 19.1. The molecule has 5 rings (SSSR count). The molecule has 2 heterocycles. The number of amides is 2. The van der Waals surface area contributed by atoms with Crippen molar-refractivity contribution in [3.63, 3.8) is 0 Å². The summed E-state index contributed by atoms with van der Waals surface area (Å²) in [4.78, 5) is 37.1. The van der Waals surface area contributed by atoms with Crippen LogP contribution in [-0.2, 0) is 11.8 Å². The number of aryl methyl sites for hydroxylation is 1. The van der Waals surface area contributed by atoms with Gasteiger partial charge in [0.1, 0.15) is 19.0 Å². The normalized spacial score (nSPS) is 14.4. The Hall–Kier alpha value is -4.15. The Morgan fingerprint density at radius 1 is 0.950 bits per heavy atom. The fourth-order valence-corrected chi connectivity index (χ4v) is 5.29. The van der Waals surface area contributed by atoms with Crippen LogP contribution in [0, 0.1) is 11.6 Å².